The van der Waals surface area contributed by atoms with Crippen LogP contribution in [0, 0.1) is 11.8 Å². The van der Waals surface area contributed by atoms with Crippen LogP contribution in [0.5, 0.6) is 0 Å². The second-order valence-corrected chi connectivity index (χ2v) is 8.14. The Morgan fingerprint density at radius 1 is 1.18 bits per heavy atom. The number of fused-ring (bicyclic) bond motifs is 5. The molecule has 0 aromatic heterocycles. The van der Waals surface area contributed by atoms with Crippen molar-refractivity contribution in [2.75, 3.05) is 11.5 Å². The first-order chi connectivity index (χ1) is 10.6. The van der Waals surface area contributed by atoms with E-state index in [0.29, 0.717) is 29.8 Å². The molecule has 0 aliphatic carbocycles. The van der Waals surface area contributed by atoms with Gasteiger partial charge in [0.15, 0.2) is 0 Å². The molecule has 0 aromatic rings. The Bertz CT molecular complexity index is 440. The molecule has 0 saturated carbocycles. The molecule has 2 bridgehead atoms. The topological polar surface area (TPSA) is 82.1 Å². The largest absolute Gasteiger partial charge is 0.616 e. The van der Waals surface area contributed by atoms with E-state index in [2.05, 4.69) is 12.2 Å². The number of aliphatic carboxylic acids is 1. The lowest BCUT2D eigenvalue weighted by Gasteiger charge is -2.25. The van der Waals surface area contributed by atoms with Crippen molar-refractivity contribution in [1.29, 1.82) is 0 Å². The highest BCUT2D eigenvalue weighted by atomic mass is 32.2. The van der Waals surface area contributed by atoms with Gasteiger partial charge >= 0.3 is 5.97 Å². The number of ether oxygens (including phenoxy) is 2. The van der Waals surface area contributed by atoms with Gasteiger partial charge in [-0.05, 0) is 26.2 Å². The van der Waals surface area contributed by atoms with Gasteiger partial charge < -0.3 is 19.1 Å². The lowest BCUT2D eigenvalue weighted by atomic mass is 9.78. The average Bonchev–Trinajstić information content (AvgIpc) is 3.12. The van der Waals surface area contributed by atoms with Crippen molar-refractivity contribution in [3.05, 3.63) is 12.2 Å². The van der Waals surface area contributed by atoms with E-state index in [-0.39, 0.29) is 30.8 Å². The van der Waals surface area contributed by atoms with Crippen molar-refractivity contribution in [3.63, 3.8) is 0 Å². The van der Waals surface area contributed by atoms with Gasteiger partial charge in [-0.15, -0.1) is 0 Å². The number of carboxylic acid groups (broad SMARTS) is 1. The molecule has 0 aromatic carbocycles. The third-order valence-corrected chi connectivity index (χ3v) is 6.35. The van der Waals surface area contributed by atoms with Crippen LogP contribution in [0.2, 0.25) is 0 Å². The number of allylic oxidation sites excluding steroid dienone is 2. The van der Waals surface area contributed by atoms with Crippen LogP contribution < -0.4 is 0 Å². The Labute approximate surface area is 134 Å². The molecule has 0 spiro atoms. The van der Waals surface area contributed by atoms with Crippen molar-refractivity contribution in [2.24, 2.45) is 11.8 Å². The second-order valence-electron chi connectivity index (χ2n) is 6.35. The summed E-state index contributed by atoms with van der Waals surface area (Å²) < 4.78 is 23.6. The fourth-order valence-electron chi connectivity index (χ4n) is 3.78. The molecule has 3 heterocycles. The normalized spacial score (nSPS) is 40.1. The van der Waals surface area contributed by atoms with Crippen molar-refractivity contribution in [2.45, 2.75) is 57.0 Å². The van der Waals surface area contributed by atoms with Gasteiger partial charge in [-0.3, -0.25) is 4.79 Å². The maximum Gasteiger partial charge on any atom is 0.303 e. The Morgan fingerprint density at radius 2 is 1.86 bits per heavy atom. The molecule has 124 valence electrons. The summed E-state index contributed by atoms with van der Waals surface area (Å²) in [6, 6.07) is 0. The third kappa shape index (κ3) is 3.35. The highest BCUT2D eigenvalue weighted by Crippen LogP contribution is 2.55. The predicted octanol–water partition coefficient (Wildman–Crippen LogP) is 1.74. The van der Waals surface area contributed by atoms with Crippen LogP contribution in [0.4, 0.5) is 0 Å². The Morgan fingerprint density at radius 3 is 2.55 bits per heavy atom. The van der Waals surface area contributed by atoms with Gasteiger partial charge in [0, 0.05) is 18.3 Å². The van der Waals surface area contributed by atoms with Crippen LogP contribution in [0.1, 0.15) is 32.6 Å². The Hall–Kier alpha value is -0.560. The van der Waals surface area contributed by atoms with E-state index < -0.39 is 17.1 Å². The van der Waals surface area contributed by atoms with Crippen LogP contribution in [0.15, 0.2) is 12.2 Å². The summed E-state index contributed by atoms with van der Waals surface area (Å²) in [7, 11) is 0. The van der Waals surface area contributed by atoms with Crippen molar-refractivity contribution in [1.82, 2.24) is 0 Å². The summed E-state index contributed by atoms with van der Waals surface area (Å²) in [6.07, 6.45) is 7.61. The molecule has 5 nitrogen and oxygen atoms in total. The molecule has 22 heavy (non-hydrogen) atoms. The van der Waals surface area contributed by atoms with E-state index in [4.69, 9.17) is 14.6 Å². The van der Waals surface area contributed by atoms with Crippen LogP contribution in [-0.2, 0) is 25.4 Å². The van der Waals surface area contributed by atoms with Gasteiger partial charge in [-0.25, -0.2) is 0 Å². The van der Waals surface area contributed by atoms with E-state index >= 15 is 0 Å². The SMILES string of the molecule is CC[S+]([O-])C[C@@H]1[C@H](C/C=C\CCCC(=O)O)[C@H]2O[C@@H]1[C@H]1O[C@H]12. The fourth-order valence-corrected chi connectivity index (χ4v) is 4.88. The maximum absolute atomic E-state index is 11.9. The van der Waals surface area contributed by atoms with E-state index in [1.54, 1.807) is 0 Å². The monoisotopic (exact) mass is 328 g/mol. The maximum atomic E-state index is 11.9. The van der Waals surface area contributed by atoms with Crippen molar-refractivity contribution < 1.29 is 23.9 Å². The number of rotatable bonds is 9. The van der Waals surface area contributed by atoms with E-state index in [9.17, 15) is 9.35 Å². The minimum absolute atomic E-state index is 0.135. The molecular weight excluding hydrogens is 304 g/mol. The molecular formula is C16H24O5S. The van der Waals surface area contributed by atoms with Crippen LogP contribution in [0.25, 0.3) is 0 Å². The Balaban J connectivity index is 1.50. The highest BCUT2D eigenvalue weighted by molar-refractivity contribution is 7.91. The summed E-state index contributed by atoms with van der Waals surface area (Å²) in [5, 5.41) is 8.61. The number of hydrogen-bond acceptors (Lipinski definition) is 4. The standard InChI is InChI=1S/C16H24O5S/c1-2-22(19)9-11-10(7-5-3-4-6-8-12(17)18)13-15-16(21-15)14(11)20-13/h3,5,10-11,13-16H,2,4,6-9H2,1H3,(H,17,18)/b5-3-/t10-,11+,13+,14-,15-,16+,22?/m0/s1. The van der Waals surface area contributed by atoms with E-state index in [0.717, 1.165) is 12.8 Å². The first-order valence-electron chi connectivity index (χ1n) is 8.14. The number of carboxylic acids is 1. The molecule has 0 radical (unpaired) electrons. The summed E-state index contributed by atoms with van der Waals surface area (Å²) in [4.78, 5) is 10.5. The van der Waals surface area contributed by atoms with Gasteiger partial charge in [0.1, 0.15) is 23.7 Å². The van der Waals surface area contributed by atoms with Gasteiger partial charge in [-0.2, -0.15) is 0 Å². The minimum Gasteiger partial charge on any atom is -0.616 e. The molecule has 7 atom stereocenters. The molecule has 1 unspecified atom stereocenters. The molecule has 3 aliphatic heterocycles. The van der Waals surface area contributed by atoms with Gasteiger partial charge in [0.25, 0.3) is 0 Å². The lowest BCUT2D eigenvalue weighted by Crippen LogP contribution is -2.37. The lowest BCUT2D eigenvalue weighted by molar-refractivity contribution is -0.137. The molecule has 3 saturated heterocycles. The fraction of sp³-hybridized carbons (Fsp3) is 0.812. The van der Waals surface area contributed by atoms with Crippen LogP contribution >= 0.6 is 0 Å². The molecule has 3 aliphatic rings. The predicted molar refractivity (Wildman–Crippen MR) is 83.1 cm³/mol. The zero-order chi connectivity index (χ0) is 15.7. The Kier molecular flexibility index (Phi) is 5.12. The van der Waals surface area contributed by atoms with Crippen molar-refractivity contribution >= 4 is 17.1 Å². The minimum atomic E-state index is -0.776. The molecule has 0 amide bonds. The van der Waals surface area contributed by atoms with Crippen LogP contribution in [0.3, 0.4) is 0 Å². The quantitative estimate of drug-likeness (QED) is 0.302. The zero-order valence-corrected chi connectivity index (χ0v) is 13.7. The molecule has 3 rings (SSSR count). The molecule has 6 heteroatoms. The third-order valence-electron chi connectivity index (χ3n) is 4.95. The van der Waals surface area contributed by atoms with Crippen LogP contribution in [-0.4, -0.2) is 51.6 Å². The van der Waals surface area contributed by atoms with E-state index in [1.165, 1.54) is 0 Å². The van der Waals surface area contributed by atoms with Gasteiger partial charge in [0.2, 0.25) is 0 Å². The zero-order valence-electron chi connectivity index (χ0n) is 12.8. The summed E-state index contributed by atoms with van der Waals surface area (Å²) in [5.41, 5.74) is 0. The number of carbonyl (C=O) groups is 1. The smallest absolute Gasteiger partial charge is 0.303 e. The number of hydrogen-bond donors (Lipinski definition) is 1. The number of epoxide rings is 1. The van der Waals surface area contributed by atoms with Gasteiger partial charge in [-0.1, -0.05) is 23.3 Å². The summed E-state index contributed by atoms with van der Waals surface area (Å²) in [5.74, 6) is 1.38. The molecule has 1 N–H and O–H groups in total. The summed E-state index contributed by atoms with van der Waals surface area (Å²) >= 11 is -0.776. The average molecular weight is 328 g/mol. The first-order valence-corrected chi connectivity index (χ1v) is 9.63. The summed E-state index contributed by atoms with van der Waals surface area (Å²) in [6.45, 7) is 1.96. The molecule has 3 fully saturated rings. The first kappa shape index (κ1) is 16.3. The number of unbranched alkanes of at least 4 members (excludes halogenated alkanes) is 1. The van der Waals surface area contributed by atoms with Gasteiger partial charge in [0.05, 0.1) is 12.2 Å². The highest BCUT2D eigenvalue weighted by Gasteiger charge is 2.69. The van der Waals surface area contributed by atoms with Crippen molar-refractivity contribution in [3.8, 4) is 0 Å². The second kappa shape index (κ2) is 6.91. The van der Waals surface area contributed by atoms with E-state index in [1.807, 2.05) is 6.92 Å².